The Kier molecular flexibility index (Phi) is 4.05. The first-order valence-electron chi connectivity index (χ1n) is 5.38. The second-order valence-electron chi connectivity index (χ2n) is 3.52. The average molecular weight is 279 g/mol. The van der Waals surface area contributed by atoms with E-state index in [1.165, 1.54) is 14.2 Å². The summed E-state index contributed by atoms with van der Waals surface area (Å²) in [5.41, 5.74) is 1.67. The van der Waals surface area contributed by atoms with E-state index in [-0.39, 0.29) is 18.4 Å². The molecule has 0 radical (unpaired) electrons. The van der Waals surface area contributed by atoms with Gasteiger partial charge in [0.2, 0.25) is 0 Å². The smallest absolute Gasteiger partial charge is 0.278 e. The lowest BCUT2D eigenvalue weighted by Crippen LogP contribution is -1.98. The molecule has 1 aromatic carbocycles. The van der Waals surface area contributed by atoms with Gasteiger partial charge in [0, 0.05) is 5.02 Å². The quantitative estimate of drug-likeness (QED) is 0.846. The lowest BCUT2D eigenvalue weighted by molar-refractivity contribution is 0.334. The maximum atomic E-state index is 8.76. The minimum atomic E-state index is -0.241. The topological polar surface area (TPSA) is 64.5 Å². The molecule has 0 spiro atoms. The van der Waals surface area contributed by atoms with Crippen molar-refractivity contribution < 1.29 is 14.6 Å². The van der Waals surface area contributed by atoms with Crippen LogP contribution < -0.4 is 9.47 Å². The molecule has 0 unspecified atom stereocenters. The van der Waals surface area contributed by atoms with E-state index < -0.39 is 0 Å². The maximum Gasteiger partial charge on any atom is 0.278 e. The first kappa shape index (κ1) is 13.4. The Hall–Kier alpha value is -2.03. The van der Waals surface area contributed by atoms with E-state index in [0.717, 1.165) is 0 Å². The van der Waals surface area contributed by atoms with Crippen molar-refractivity contribution in [2.75, 3.05) is 20.8 Å². The van der Waals surface area contributed by atoms with Crippen molar-refractivity contribution >= 4 is 22.6 Å². The number of methoxy groups -OCH3 is 2. The monoisotopic (exact) mass is 278 g/mol. The molecule has 0 aliphatic heterocycles. The molecule has 6 heteroatoms. The summed E-state index contributed by atoms with van der Waals surface area (Å²) >= 11 is 6.00. The van der Waals surface area contributed by atoms with Crippen LogP contribution in [0.15, 0.2) is 12.1 Å². The van der Waals surface area contributed by atoms with E-state index in [0.29, 0.717) is 21.6 Å². The van der Waals surface area contributed by atoms with Gasteiger partial charge in [0.1, 0.15) is 12.1 Å². The van der Waals surface area contributed by atoms with E-state index in [9.17, 15) is 0 Å². The third-order valence-corrected chi connectivity index (χ3v) is 2.58. The van der Waals surface area contributed by atoms with Crippen molar-refractivity contribution in [2.45, 2.75) is 0 Å². The van der Waals surface area contributed by atoms with Gasteiger partial charge in [-0.3, -0.25) is 0 Å². The van der Waals surface area contributed by atoms with Crippen molar-refractivity contribution in [1.82, 2.24) is 9.97 Å². The summed E-state index contributed by atoms with van der Waals surface area (Å²) in [7, 11) is 2.96. The van der Waals surface area contributed by atoms with Crippen molar-refractivity contribution in [3.8, 4) is 23.6 Å². The molecule has 0 amide bonds. The molecule has 2 rings (SSSR count). The summed E-state index contributed by atoms with van der Waals surface area (Å²) < 4.78 is 10.2. The predicted octanol–water partition coefficient (Wildman–Crippen LogP) is 1.64. The summed E-state index contributed by atoms with van der Waals surface area (Å²) in [4.78, 5) is 8.58. The van der Waals surface area contributed by atoms with Gasteiger partial charge in [-0.25, -0.2) is 9.97 Å². The van der Waals surface area contributed by atoms with E-state index in [4.69, 9.17) is 26.2 Å². The van der Waals surface area contributed by atoms with Gasteiger partial charge in [-0.1, -0.05) is 23.4 Å². The molecule has 0 saturated carbocycles. The fourth-order valence-corrected chi connectivity index (χ4v) is 1.80. The third kappa shape index (κ3) is 2.70. The number of hydrogen-bond acceptors (Lipinski definition) is 5. The molecule has 0 aliphatic carbocycles. The fourth-order valence-electron chi connectivity index (χ4n) is 1.59. The van der Waals surface area contributed by atoms with Crippen LogP contribution >= 0.6 is 11.6 Å². The lowest BCUT2D eigenvalue weighted by Gasteiger charge is -2.08. The molecule has 1 heterocycles. The maximum absolute atomic E-state index is 8.76. The molecule has 1 N–H and O–H groups in total. The zero-order chi connectivity index (χ0) is 13.8. The number of aliphatic hydroxyl groups excluding tert-OH is 1. The lowest BCUT2D eigenvalue weighted by atomic mass is 10.2. The molecule has 0 bridgehead atoms. The molecular formula is C13H11ClN2O3. The summed E-state index contributed by atoms with van der Waals surface area (Å²) in [6.45, 7) is -0.241. The molecular weight excluding hydrogens is 268 g/mol. The highest BCUT2D eigenvalue weighted by Gasteiger charge is 2.12. The summed E-state index contributed by atoms with van der Waals surface area (Å²) in [5.74, 6) is 5.88. The van der Waals surface area contributed by atoms with E-state index in [1.807, 2.05) is 0 Å². The van der Waals surface area contributed by atoms with Gasteiger partial charge in [0.05, 0.1) is 25.3 Å². The van der Waals surface area contributed by atoms with Gasteiger partial charge in [-0.05, 0) is 12.1 Å². The highest BCUT2D eigenvalue weighted by atomic mass is 35.5. The number of fused-ring (bicyclic) bond motifs is 1. The largest absolute Gasteiger partial charge is 0.477 e. The third-order valence-electron chi connectivity index (χ3n) is 2.36. The molecule has 19 heavy (non-hydrogen) atoms. The highest BCUT2D eigenvalue weighted by molar-refractivity contribution is 6.31. The van der Waals surface area contributed by atoms with Crippen LogP contribution in [0, 0.1) is 11.8 Å². The van der Waals surface area contributed by atoms with Crippen molar-refractivity contribution in [1.29, 1.82) is 0 Å². The Balaban J connectivity index is 2.75. The molecule has 0 saturated heterocycles. The number of hydrogen-bond donors (Lipinski definition) is 1. The average Bonchev–Trinajstić information content (AvgIpc) is 2.43. The van der Waals surface area contributed by atoms with E-state index in [1.54, 1.807) is 12.1 Å². The van der Waals surface area contributed by atoms with Crippen LogP contribution in [0.4, 0.5) is 0 Å². The minimum Gasteiger partial charge on any atom is -0.477 e. The normalized spacial score (nSPS) is 9.89. The Bertz CT molecular complexity index is 677. The second kappa shape index (κ2) is 5.74. The van der Waals surface area contributed by atoms with Gasteiger partial charge in [0.15, 0.2) is 0 Å². The standard InChI is InChI=1S/C13H11ClN2O3/c1-18-12-13(19-2)16-11-8(4-3-5-17)6-9(14)7-10(11)15-12/h6-7,17H,5H2,1-2H3. The first-order chi connectivity index (χ1) is 9.19. The molecule has 2 aromatic rings. The Morgan fingerprint density at radius 1 is 1.21 bits per heavy atom. The number of aromatic nitrogens is 2. The van der Waals surface area contributed by atoms with Crippen molar-refractivity contribution in [3.63, 3.8) is 0 Å². The van der Waals surface area contributed by atoms with Crippen LogP contribution in [0.3, 0.4) is 0 Å². The molecule has 0 atom stereocenters. The van der Waals surface area contributed by atoms with Crippen LogP contribution in [0.2, 0.25) is 5.02 Å². The van der Waals surface area contributed by atoms with Crippen molar-refractivity contribution in [3.05, 3.63) is 22.7 Å². The highest BCUT2D eigenvalue weighted by Crippen LogP contribution is 2.28. The van der Waals surface area contributed by atoms with Gasteiger partial charge < -0.3 is 14.6 Å². The van der Waals surface area contributed by atoms with Crippen LogP contribution in [0.25, 0.3) is 11.0 Å². The van der Waals surface area contributed by atoms with Crippen molar-refractivity contribution in [2.24, 2.45) is 0 Å². The second-order valence-corrected chi connectivity index (χ2v) is 3.96. The summed E-state index contributed by atoms with van der Waals surface area (Å²) in [5, 5.41) is 9.25. The summed E-state index contributed by atoms with van der Waals surface area (Å²) in [6, 6.07) is 3.32. The SMILES string of the molecule is COc1nc2cc(Cl)cc(C#CCO)c2nc1OC. The van der Waals surface area contributed by atoms with Gasteiger partial charge in [-0.15, -0.1) is 0 Å². The molecule has 0 fully saturated rings. The number of benzene rings is 1. The number of ether oxygens (including phenoxy) is 2. The van der Waals surface area contributed by atoms with Gasteiger partial charge >= 0.3 is 0 Å². The van der Waals surface area contributed by atoms with E-state index >= 15 is 0 Å². The number of halogens is 1. The Morgan fingerprint density at radius 3 is 2.53 bits per heavy atom. The van der Waals surface area contributed by atoms with Crippen LogP contribution in [-0.2, 0) is 0 Å². The van der Waals surface area contributed by atoms with Crippen LogP contribution in [-0.4, -0.2) is 35.9 Å². The molecule has 1 aromatic heterocycles. The van der Waals surface area contributed by atoms with Crippen LogP contribution in [0.5, 0.6) is 11.8 Å². The summed E-state index contributed by atoms with van der Waals surface area (Å²) in [6.07, 6.45) is 0. The molecule has 98 valence electrons. The van der Waals surface area contributed by atoms with Gasteiger partial charge in [0.25, 0.3) is 11.8 Å². The number of aliphatic hydroxyl groups is 1. The zero-order valence-electron chi connectivity index (χ0n) is 10.4. The fraction of sp³-hybridized carbons (Fsp3) is 0.231. The molecule has 0 aliphatic rings. The first-order valence-corrected chi connectivity index (χ1v) is 5.76. The Labute approximate surface area is 115 Å². The zero-order valence-corrected chi connectivity index (χ0v) is 11.2. The number of rotatable bonds is 2. The van der Waals surface area contributed by atoms with Crippen LogP contribution in [0.1, 0.15) is 5.56 Å². The van der Waals surface area contributed by atoms with Gasteiger partial charge in [-0.2, -0.15) is 0 Å². The van der Waals surface area contributed by atoms with E-state index in [2.05, 4.69) is 21.8 Å². The molecule has 5 nitrogen and oxygen atoms in total. The minimum absolute atomic E-state index is 0.241. The Morgan fingerprint density at radius 2 is 1.89 bits per heavy atom. The number of nitrogens with zero attached hydrogens (tertiary/aromatic N) is 2. The predicted molar refractivity (Wildman–Crippen MR) is 71.6 cm³/mol.